The smallest absolute Gasteiger partial charge is 0.255 e. The lowest BCUT2D eigenvalue weighted by Crippen LogP contribution is -2.28. The normalized spacial score (nSPS) is 15.3. The van der Waals surface area contributed by atoms with E-state index in [1.54, 1.807) is 18.6 Å². The molecule has 0 unspecified atom stereocenters. The summed E-state index contributed by atoms with van der Waals surface area (Å²) in [6.07, 6.45) is 6.88. The summed E-state index contributed by atoms with van der Waals surface area (Å²) < 4.78 is 0. The van der Waals surface area contributed by atoms with Crippen LogP contribution in [0.5, 0.6) is 0 Å². The van der Waals surface area contributed by atoms with Gasteiger partial charge in [-0.1, -0.05) is 6.58 Å². The number of rotatable bonds is 2. The second-order valence-electron chi connectivity index (χ2n) is 3.57. The van der Waals surface area contributed by atoms with Crippen LogP contribution in [0.1, 0.15) is 18.5 Å². The van der Waals surface area contributed by atoms with Crippen LogP contribution in [0.25, 0.3) is 5.57 Å². The van der Waals surface area contributed by atoms with E-state index in [4.69, 9.17) is 0 Å². The zero-order valence-corrected chi connectivity index (χ0v) is 8.52. The minimum Gasteiger partial charge on any atom is -0.339 e. The van der Waals surface area contributed by atoms with Crippen molar-refractivity contribution in [3.05, 3.63) is 30.9 Å². The van der Waals surface area contributed by atoms with E-state index in [0.29, 0.717) is 11.3 Å². The van der Waals surface area contributed by atoms with Crippen LogP contribution in [-0.2, 0) is 4.79 Å². The molecule has 4 heteroatoms. The van der Waals surface area contributed by atoms with Crippen molar-refractivity contribution in [2.75, 3.05) is 13.1 Å². The Balaban J connectivity index is 2.11. The molecule has 1 aromatic heterocycles. The summed E-state index contributed by atoms with van der Waals surface area (Å²) in [5.41, 5.74) is 0.999. The van der Waals surface area contributed by atoms with Crippen LogP contribution in [0.2, 0.25) is 0 Å². The molecule has 0 N–H and O–H groups in total. The standard InChI is InChI=1S/C11H13N3O/c1-9(10-8-12-4-5-13-10)11(15)14-6-2-3-7-14/h4-5,8H,1-3,6-7H2. The van der Waals surface area contributed by atoms with Gasteiger partial charge in [0.25, 0.3) is 5.91 Å². The van der Waals surface area contributed by atoms with Crippen molar-refractivity contribution in [2.45, 2.75) is 12.8 Å². The fraction of sp³-hybridized carbons (Fsp3) is 0.364. The van der Waals surface area contributed by atoms with Gasteiger partial charge in [-0.25, -0.2) is 0 Å². The average molecular weight is 203 g/mol. The van der Waals surface area contributed by atoms with E-state index in [2.05, 4.69) is 16.5 Å². The third-order valence-corrected chi connectivity index (χ3v) is 2.52. The maximum absolute atomic E-state index is 11.9. The van der Waals surface area contributed by atoms with E-state index in [1.807, 2.05) is 4.90 Å². The van der Waals surface area contributed by atoms with Gasteiger partial charge in [-0.3, -0.25) is 14.8 Å². The molecule has 15 heavy (non-hydrogen) atoms. The second-order valence-corrected chi connectivity index (χ2v) is 3.57. The molecule has 1 aliphatic rings. The number of hydrogen-bond acceptors (Lipinski definition) is 3. The topological polar surface area (TPSA) is 46.1 Å². The van der Waals surface area contributed by atoms with Crippen LogP contribution in [-0.4, -0.2) is 33.9 Å². The number of likely N-dealkylation sites (tertiary alicyclic amines) is 1. The number of aromatic nitrogens is 2. The van der Waals surface area contributed by atoms with Gasteiger partial charge < -0.3 is 4.90 Å². The summed E-state index contributed by atoms with van der Waals surface area (Å²) >= 11 is 0. The Morgan fingerprint density at radius 1 is 1.33 bits per heavy atom. The van der Waals surface area contributed by atoms with Crippen LogP contribution >= 0.6 is 0 Å². The van der Waals surface area contributed by atoms with Gasteiger partial charge >= 0.3 is 0 Å². The predicted octanol–water partition coefficient (Wildman–Crippen LogP) is 1.11. The largest absolute Gasteiger partial charge is 0.339 e. The van der Waals surface area contributed by atoms with Crippen LogP contribution in [0, 0.1) is 0 Å². The monoisotopic (exact) mass is 203 g/mol. The Bertz CT molecular complexity index is 369. The lowest BCUT2D eigenvalue weighted by atomic mass is 10.2. The molecule has 2 heterocycles. The molecule has 1 fully saturated rings. The number of hydrogen-bond donors (Lipinski definition) is 0. The third-order valence-electron chi connectivity index (χ3n) is 2.52. The molecule has 0 spiro atoms. The lowest BCUT2D eigenvalue weighted by Gasteiger charge is -2.15. The van der Waals surface area contributed by atoms with E-state index in [9.17, 15) is 4.79 Å². The van der Waals surface area contributed by atoms with Gasteiger partial charge in [0.05, 0.1) is 17.5 Å². The average Bonchev–Trinajstić information content (AvgIpc) is 2.82. The molecule has 4 nitrogen and oxygen atoms in total. The molecule has 0 aliphatic carbocycles. The molecule has 0 saturated carbocycles. The molecule has 1 aromatic rings. The summed E-state index contributed by atoms with van der Waals surface area (Å²) in [6.45, 7) is 5.44. The Kier molecular flexibility index (Phi) is 2.76. The fourth-order valence-corrected chi connectivity index (χ4v) is 1.68. The van der Waals surface area contributed by atoms with Gasteiger partial charge in [0, 0.05) is 25.5 Å². The first-order valence-electron chi connectivity index (χ1n) is 5.03. The summed E-state index contributed by atoms with van der Waals surface area (Å²) in [7, 11) is 0. The van der Waals surface area contributed by atoms with E-state index in [0.717, 1.165) is 25.9 Å². The number of nitrogens with zero attached hydrogens (tertiary/aromatic N) is 3. The van der Waals surface area contributed by atoms with E-state index < -0.39 is 0 Å². The zero-order chi connectivity index (χ0) is 10.7. The highest BCUT2D eigenvalue weighted by Crippen LogP contribution is 2.16. The highest BCUT2D eigenvalue weighted by molar-refractivity contribution is 6.18. The molecule has 1 amide bonds. The van der Waals surface area contributed by atoms with Gasteiger partial charge in [-0.15, -0.1) is 0 Å². The minimum absolute atomic E-state index is 0.0204. The number of amides is 1. The van der Waals surface area contributed by atoms with Crippen molar-refractivity contribution in [2.24, 2.45) is 0 Å². The van der Waals surface area contributed by atoms with Crippen molar-refractivity contribution in [1.29, 1.82) is 0 Å². The van der Waals surface area contributed by atoms with E-state index in [1.165, 1.54) is 0 Å². The van der Waals surface area contributed by atoms with Crippen molar-refractivity contribution < 1.29 is 4.79 Å². The Morgan fingerprint density at radius 2 is 2.07 bits per heavy atom. The van der Waals surface area contributed by atoms with Crippen LogP contribution < -0.4 is 0 Å². The second kappa shape index (κ2) is 4.21. The summed E-state index contributed by atoms with van der Waals surface area (Å²) in [6, 6.07) is 0. The molecule has 0 aromatic carbocycles. The number of carbonyl (C=O) groups is 1. The maximum Gasteiger partial charge on any atom is 0.255 e. The molecule has 0 bridgehead atoms. The summed E-state index contributed by atoms with van der Waals surface area (Å²) in [5.74, 6) is -0.0204. The van der Waals surface area contributed by atoms with Crippen molar-refractivity contribution in [3.63, 3.8) is 0 Å². The van der Waals surface area contributed by atoms with Crippen molar-refractivity contribution in [1.82, 2.24) is 14.9 Å². The molecular formula is C11H13N3O. The first kappa shape index (κ1) is 9.83. The molecule has 0 radical (unpaired) electrons. The predicted molar refractivity (Wildman–Crippen MR) is 56.9 cm³/mol. The summed E-state index contributed by atoms with van der Waals surface area (Å²) in [4.78, 5) is 21.7. The fourth-order valence-electron chi connectivity index (χ4n) is 1.68. The SMILES string of the molecule is C=C(C(=O)N1CCCC1)c1cnccn1. The molecule has 1 saturated heterocycles. The van der Waals surface area contributed by atoms with Gasteiger partial charge in [0.1, 0.15) is 0 Å². The van der Waals surface area contributed by atoms with E-state index >= 15 is 0 Å². The highest BCUT2D eigenvalue weighted by Gasteiger charge is 2.21. The molecule has 1 aliphatic heterocycles. The van der Waals surface area contributed by atoms with Crippen LogP contribution in [0.3, 0.4) is 0 Å². The van der Waals surface area contributed by atoms with Gasteiger partial charge in [-0.05, 0) is 12.8 Å². The summed E-state index contributed by atoms with van der Waals surface area (Å²) in [5, 5.41) is 0. The molecular weight excluding hydrogens is 190 g/mol. The van der Waals surface area contributed by atoms with Gasteiger partial charge in [0.15, 0.2) is 0 Å². The first-order chi connectivity index (χ1) is 7.29. The molecule has 0 atom stereocenters. The molecule has 78 valence electrons. The zero-order valence-electron chi connectivity index (χ0n) is 8.52. The van der Waals surface area contributed by atoms with Crippen LogP contribution in [0.15, 0.2) is 25.2 Å². The van der Waals surface area contributed by atoms with Crippen LogP contribution in [0.4, 0.5) is 0 Å². The number of carbonyl (C=O) groups excluding carboxylic acids is 1. The first-order valence-corrected chi connectivity index (χ1v) is 5.03. The Labute approximate surface area is 88.7 Å². The van der Waals surface area contributed by atoms with Gasteiger partial charge in [-0.2, -0.15) is 0 Å². The lowest BCUT2D eigenvalue weighted by molar-refractivity contribution is -0.124. The van der Waals surface area contributed by atoms with E-state index in [-0.39, 0.29) is 5.91 Å². The highest BCUT2D eigenvalue weighted by atomic mass is 16.2. The van der Waals surface area contributed by atoms with Gasteiger partial charge in [0.2, 0.25) is 0 Å². The van der Waals surface area contributed by atoms with Crippen molar-refractivity contribution >= 4 is 11.5 Å². The Morgan fingerprint density at radius 3 is 2.67 bits per heavy atom. The Hall–Kier alpha value is -1.71. The maximum atomic E-state index is 11.9. The minimum atomic E-state index is -0.0204. The third kappa shape index (κ3) is 2.03. The quantitative estimate of drug-likeness (QED) is 0.676. The molecule has 2 rings (SSSR count). The van der Waals surface area contributed by atoms with Crippen molar-refractivity contribution in [3.8, 4) is 0 Å².